The minimum atomic E-state index is -0.448. The van der Waals surface area contributed by atoms with Gasteiger partial charge in [0.1, 0.15) is 0 Å². The maximum atomic E-state index is 11.4. The van der Waals surface area contributed by atoms with Crippen molar-refractivity contribution < 1.29 is 19.1 Å². The van der Waals surface area contributed by atoms with E-state index >= 15 is 0 Å². The third kappa shape index (κ3) is 1.70. The predicted octanol–water partition coefficient (Wildman–Crippen LogP) is 1.19. The lowest BCUT2D eigenvalue weighted by Crippen LogP contribution is -2.18. The van der Waals surface area contributed by atoms with Crippen LogP contribution in [0.5, 0.6) is 0 Å². The molecule has 2 rings (SSSR count). The van der Waals surface area contributed by atoms with E-state index in [9.17, 15) is 9.59 Å². The molecule has 0 radical (unpaired) electrons. The Bertz CT molecular complexity index is 423. The molecule has 78 valence electrons. The fourth-order valence-corrected chi connectivity index (χ4v) is 1.56. The van der Waals surface area contributed by atoms with Gasteiger partial charge in [0, 0.05) is 6.42 Å². The molecule has 0 fully saturated rings. The fourth-order valence-electron chi connectivity index (χ4n) is 1.56. The van der Waals surface area contributed by atoms with Crippen LogP contribution in [0.4, 0.5) is 0 Å². The summed E-state index contributed by atoms with van der Waals surface area (Å²) in [6, 6.07) is 4.94. The molecular formula is C11H10O4. The Labute approximate surface area is 86.8 Å². The summed E-state index contributed by atoms with van der Waals surface area (Å²) in [6.07, 6.45) is 0.697. The van der Waals surface area contributed by atoms with Crippen LogP contribution in [0.25, 0.3) is 0 Å². The molecule has 0 saturated carbocycles. The summed E-state index contributed by atoms with van der Waals surface area (Å²) in [7, 11) is 1.31. The minimum Gasteiger partial charge on any atom is -0.465 e. The van der Waals surface area contributed by atoms with E-state index in [0.29, 0.717) is 24.2 Å². The van der Waals surface area contributed by atoms with Crippen LogP contribution in [0.2, 0.25) is 0 Å². The number of rotatable bonds is 1. The third-order valence-corrected chi connectivity index (χ3v) is 2.36. The Hall–Kier alpha value is -1.84. The second-order valence-electron chi connectivity index (χ2n) is 3.25. The van der Waals surface area contributed by atoms with E-state index in [1.165, 1.54) is 13.2 Å². The zero-order valence-corrected chi connectivity index (χ0v) is 8.28. The van der Waals surface area contributed by atoms with Crippen molar-refractivity contribution in [2.24, 2.45) is 0 Å². The van der Waals surface area contributed by atoms with Crippen molar-refractivity contribution in [3.63, 3.8) is 0 Å². The molecular weight excluding hydrogens is 196 g/mol. The van der Waals surface area contributed by atoms with E-state index < -0.39 is 5.97 Å². The summed E-state index contributed by atoms with van der Waals surface area (Å²) in [4.78, 5) is 22.6. The van der Waals surface area contributed by atoms with Crippen molar-refractivity contribution in [3.8, 4) is 0 Å². The number of esters is 2. The lowest BCUT2D eigenvalue weighted by molar-refractivity contribution is 0.0480. The van der Waals surface area contributed by atoms with E-state index in [0.717, 1.165) is 5.56 Å². The summed E-state index contributed by atoms with van der Waals surface area (Å²) < 4.78 is 9.45. The average molecular weight is 206 g/mol. The highest BCUT2D eigenvalue weighted by atomic mass is 16.5. The predicted molar refractivity (Wildman–Crippen MR) is 51.8 cm³/mol. The van der Waals surface area contributed by atoms with Gasteiger partial charge in [-0.25, -0.2) is 9.59 Å². The Morgan fingerprint density at radius 2 is 2.27 bits per heavy atom. The lowest BCUT2D eigenvalue weighted by Gasteiger charge is -2.15. The van der Waals surface area contributed by atoms with Crippen molar-refractivity contribution >= 4 is 11.9 Å². The normalized spacial score (nSPS) is 14.1. The average Bonchev–Trinajstić information content (AvgIpc) is 2.28. The number of hydrogen-bond acceptors (Lipinski definition) is 4. The SMILES string of the molecule is COC(=O)c1ccc2c(c1)C(=O)OCC2. The van der Waals surface area contributed by atoms with Gasteiger partial charge in [-0.2, -0.15) is 0 Å². The van der Waals surface area contributed by atoms with Crippen LogP contribution < -0.4 is 0 Å². The molecule has 0 amide bonds. The zero-order chi connectivity index (χ0) is 10.8. The number of carbonyl (C=O) groups excluding carboxylic acids is 2. The summed E-state index contributed by atoms with van der Waals surface area (Å²) >= 11 is 0. The maximum Gasteiger partial charge on any atom is 0.338 e. The monoisotopic (exact) mass is 206 g/mol. The molecule has 1 aromatic rings. The second-order valence-corrected chi connectivity index (χ2v) is 3.25. The van der Waals surface area contributed by atoms with Gasteiger partial charge in [-0.15, -0.1) is 0 Å². The molecule has 1 aliphatic heterocycles. The molecule has 4 nitrogen and oxygen atoms in total. The quantitative estimate of drug-likeness (QED) is 0.647. The van der Waals surface area contributed by atoms with Gasteiger partial charge >= 0.3 is 11.9 Å². The van der Waals surface area contributed by atoms with Gasteiger partial charge in [0.05, 0.1) is 24.8 Å². The van der Waals surface area contributed by atoms with E-state index in [1.54, 1.807) is 12.1 Å². The van der Waals surface area contributed by atoms with Crippen molar-refractivity contribution in [1.29, 1.82) is 0 Å². The molecule has 1 heterocycles. The molecule has 0 unspecified atom stereocenters. The minimum absolute atomic E-state index is 0.370. The van der Waals surface area contributed by atoms with Crippen LogP contribution >= 0.6 is 0 Å². The largest absolute Gasteiger partial charge is 0.465 e. The first kappa shape index (κ1) is 9.71. The van der Waals surface area contributed by atoms with Crippen LogP contribution in [0.1, 0.15) is 26.3 Å². The molecule has 15 heavy (non-hydrogen) atoms. The van der Waals surface area contributed by atoms with Crippen molar-refractivity contribution in [2.75, 3.05) is 13.7 Å². The first-order chi connectivity index (χ1) is 7.22. The second kappa shape index (κ2) is 3.73. The smallest absolute Gasteiger partial charge is 0.338 e. The number of fused-ring (bicyclic) bond motifs is 1. The first-order valence-corrected chi connectivity index (χ1v) is 4.61. The summed E-state index contributed by atoms with van der Waals surface area (Å²) in [5.74, 6) is -0.821. The summed E-state index contributed by atoms with van der Waals surface area (Å²) in [6.45, 7) is 0.406. The molecule has 0 N–H and O–H groups in total. The number of carbonyl (C=O) groups is 2. The van der Waals surface area contributed by atoms with E-state index in [1.807, 2.05) is 0 Å². The number of benzene rings is 1. The summed E-state index contributed by atoms with van der Waals surface area (Å²) in [5, 5.41) is 0. The number of hydrogen-bond donors (Lipinski definition) is 0. The highest BCUT2D eigenvalue weighted by Gasteiger charge is 2.20. The van der Waals surface area contributed by atoms with Crippen LogP contribution in [0, 0.1) is 0 Å². The van der Waals surface area contributed by atoms with Gasteiger partial charge in [-0.1, -0.05) is 6.07 Å². The Morgan fingerprint density at radius 3 is 3.00 bits per heavy atom. The van der Waals surface area contributed by atoms with Crippen molar-refractivity contribution in [2.45, 2.75) is 6.42 Å². The van der Waals surface area contributed by atoms with Gasteiger partial charge in [-0.3, -0.25) is 0 Å². The molecule has 0 bridgehead atoms. The molecule has 0 saturated heterocycles. The standard InChI is InChI=1S/C11H10O4/c1-14-10(12)8-3-2-7-4-5-15-11(13)9(7)6-8/h2-3,6H,4-5H2,1H3. The molecule has 0 aromatic heterocycles. The van der Waals surface area contributed by atoms with E-state index in [4.69, 9.17) is 4.74 Å². The molecule has 0 aliphatic carbocycles. The molecule has 4 heteroatoms. The van der Waals surface area contributed by atoms with Crippen LogP contribution in [0.3, 0.4) is 0 Å². The highest BCUT2D eigenvalue weighted by molar-refractivity contribution is 5.96. The zero-order valence-electron chi connectivity index (χ0n) is 8.28. The third-order valence-electron chi connectivity index (χ3n) is 2.36. The topological polar surface area (TPSA) is 52.6 Å². The Kier molecular flexibility index (Phi) is 2.41. The first-order valence-electron chi connectivity index (χ1n) is 4.61. The Morgan fingerprint density at radius 1 is 1.47 bits per heavy atom. The van der Waals surface area contributed by atoms with E-state index in [2.05, 4.69) is 4.74 Å². The van der Waals surface area contributed by atoms with E-state index in [-0.39, 0.29) is 5.97 Å². The van der Waals surface area contributed by atoms with Crippen molar-refractivity contribution in [3.05, 3.63) is 34.9 Å². The van der Waals surface area contributed by atoms with Gasteiger partial charge in [0.15, 0.2) is 0 Å². The maximum absolute atomic E-state index is 11.4. The molecule has 0 atom stereocenters. The van der Waals surface area contributed by atoms with Crippen molar-refractivity contribution in [1.82, 2.24) is 0 Å². The van der Waals surface area contributed by atoms with Crippen LogP contribution in [-0.4, -0.2) is 25.7 Å². The van der Waals surface area contributed by atoms with Crippen LogP contribution in [0.15, 0.2) is 18.2 Å². The number of ether oxygens (including phenoxy) is 2. The fraction of sp³-hybridized carbons (Fsp3) is 0.273. The molecule has 1 aromatic carbocycles. The Balaban J connectivity index is 2.44. The van der Waals surface area contributed by atoms with Gasteiger partial charge in [0.2, 0.25) is 0 Å². The van der Waals surface area contributed by atoms with Gasteiger partial charge < -0.3 is 9.47 Å². The van der Waals surface area contributed by atoms with Crippen LogP contribution in [-0.2, 0) is 15.9 Å². The van der Waals surface area contributed by atoms with Gasteiger partial charge in [-0.05, 0) is 17.7 Å². The molecule has 0 spiro atoms. The highest BCUT2D eigenvalue weighted by Crippen LogP contribution is 2.18. The summed E-state index contributed by atoms with van der Waals surface area (Å²) in [5.41, 5.74) is 1.75. The van der Waals surface area contributed by atoms with Gasteiger partial charge in [0.25, 0.3) is 0 Å². The number of methoxy groups -OCH3 is 1. The lowest BCUT2D eigenvalue weighted by atomic mass is 10.00. The molecule has 1 aliphatic rings. The number of cyclic esters (lactones) is 1.